The van der Waals surface area contributed by atoms with Crippen LogP contribution in [-0.2, 0) is 10.0 Å². The van der Waals surface area contributed by atoms with Crippen LogP contribution in [0.4, 0.5) is 5.69 Å². The lowest BCUT2D eigenvalue weighted by atomic mass is 9.93. The molecular formula is C13H19N3O5S. The predicted octanol–water partition coefficient (Wildman–Crippen LogP) is 1.15. The van der Waals surface area contributed by atoms with Gasteiger partial charge in [0.25, 0.3) is 5.69 Å². The van der Waals surface area contributed by atoms with Gasteiger partial charge in [-0.05, 0) is 31.7 Å². The number of nitrogens with one attached hydrogen (secondary N) is 1. The van der Waals surface area contributed by atoms with Crippen molar-refractivity contribution in [3.63, 3.8) is 0 Å². The number of ether oxygens (including phenoxy) is 1. The molecule has 1 aliphatic rings. The van der Waals surface area contributed by atoms with Crippen molar-refractivity contribution in [1.29, 1.82) is 0 Å². The van der Waals surface area contributed by atoms with Crippen LogP contribution in [0.3, 0.4) is 0 Å². The van der Waals surface area contributed by atoms with E-state index in [1.807, 2.05) is 0 Å². The summed E-state index contributed by atoms with van der Waals surface area (Å²) in [7, 11) is -2.53. The first-order valence-electron chi connectivity index (χ1n) is 6.94. The number of sulfonamides is 1. The van der Waals surface area contributed by atoms with E-state index in [4.69, 9.17) is 10.5 Å². The third-order valence-electron chi connectivity index (χ3n) is 3.74. The van der Waals surface area contributed by atoms with Crippen LogP contribution in [0, 0.1) is 10.1 Å². The summed E-state index contributed by atoms with van der Waals surface area (Å²) in [5.74, 6) is -0.0470. The Morgan fingerprint density at radius 1 is 1.32 bits per heavy atom. The van der Waals surface area contributed by atoms with Gasteiger partial charge in [-0.1, -0.05) is 0 Å². The monoisotopic (exact) mass is 329 g/mol. The minimum Gasteiger partial charge on any atom is -0.495 e. The Morgan fingerprint density at radius 2 is 1.95 bits per heavy atom. The molecule has 1 aromatic rings. The van der Waals surface area contributed by atoms with Crippen LogP contribution in [0.25, 0.3) is 0 Å². The molecule has 0 aliphatic heterocycles. The zero-order chi connectivity index (χ0) is 16.3. The van der Waals surface area contributed by atoms with Crippen LogP contribution >= 0.6 is 0 Å². The Balaban J connectivity index is 2.23. The van der Waals surface area contributed by atoms with Crippen LogP contribution in [-0.4, -0.2) is 32.5 Å². The van der Waals surface area contributed by atoms with Gasteiger partial charge in [-0.2, -0.15) is 0 Å². The molecule has 0 bridgehead atoms. The molecule has 1 saturated carbocycles. The molecule has 0 heterocycles. The number of nitro benzene ring substituents is 1. The lowest BCUT2D eigenvalue weighted by molar-refractivity contribution is -0.385. The van der Waals surface area contributed by atoms with Crippen LogP contribution in [0.1, 0.15) is 25.7 Å². The SMILES string of the molecule is COc1cc([N+](=O)[O-])ccc1S(=O)(=O)NC1CCC(N)CC1. The average molecular weight is 329 g/mol. The molecule has 0 spiro atoms. The lowest BCUT2D eigenvalue weighted by Crippen LogP contribution is -2.40. The van der Waals surface area contributed by atoms with Crippen LogP contribution in [0.15, 0.2) is 23.1 Å². The van der Waals surface area contributed by atoms with Gasteiger partial charge in [0.1, 0.15) is 10.6 Å². The van der Waals surface area contributed by atoms with Gasteiger partial charge in [-0.15, -0.1) is 0 Å². The third kappa shape index (κ3) is 3.73. The Kier molecular flexibility index (Phi) is 4.99. The summed E-state index contributed by atoms with van der Waals surface area (Å²) < 4.78 is 32.5. The molecule has 1 aromatic carbocycles. The number of nitrogens with zero attached hydrogens (tertiary/aromatic N) is 1. The minimum atomic E-state index is -3.80. The normalized spacial score (nSPS) is 22.3. The summed E-state index contributed by atoms with van der Waals surface area (Å²) >= 11 is 0. The molecular weight excluding hydrogens is 310 g/mol. The van der Waals surface area contributed by atoms with E-state index >= 15 is 0 Å². The first-order chi connectivity index (χ1) is 10.3. The van der Waals surface area contributed by atoms with Gasteiger partial charge < -0.3 is 10.5 Å². The van der Waals surface area contributed by atoms with Crippen LogP contribution in [0.5, 0.6) is 5.75 Å². The summed E-state index contributed by atoms with van der Waals surface area (Å²) in [4.78, 5) is 10.0. The standard InChI is InChI=1S/C13H19N3O5S/c1-21-12-8-11(16(17)18)6-7-13(12)22(19,20)15-10-4-2-9(14)3-5-10/h6-10,15H,2-5,14H2,1H3. The molecule has 1 fully saturated rings. The van der Waals surface area contributed by atoms with E-state index in [1.54, 1.807) is 0 Å². The molecule has 0 saturated heterocycles. The number of methoxy groups -OCH3 is 1. The summed E-state index contributed by atoms with van der Waals surface area (Å²) in [5, 5.41) is 10.8. The van der Waals surface area contributed by atoms with Crippen molar-refractivity contribution in [2.45, 2.75) is 42.7 Å². The molecule has 0 aromatic heterocycles. The molecule has 2 rings (SSSR count). The summed E-state index contributed by atoms with van der Waals surface area (Å²) in [6.07, 6.45) is 2.89. The highest BCUT2D eigenvalue weighted by molar-refractivity contribution is 7.89. The second-order valence-corrected chi connectivity index (χ2v) is 7.01. The van der Waals surface area contributed by atoms with Crippen molar-refractivity contribution >= 4 is 15.7 Å². The molecule has 122 valence electrons. The molecule has 0 amide bonds. The fourth-order valence-electron chi connectivity index (χ4n) is 2.51. The Labute approximate surface area is 128 Å². The fourth-order valence-corrected chi connectivity index (χ4v) is 3.97. The maximum absolute atomic E-state index is 12.5. The van der Waals surface area contributed by atoms with Gasteiger partial charge in [0.2, 0.25) is 10.0 Å². The van der Waals surface area contributed by atoms with Crippen molar-refractivity contribution in [2.24, 2.45) is 5.73 Å². The van der Waals surface area contributed by atoms with Crippen molar-refractivity contribution < 1.29 is 18.1 Å². The second-order valence-electron chi connectivity index (χ2n) is 5.33. The van der Waals surface area contributed by atoms with Crippen LogP contribution < -0.4 is 15.2 Å². The Hall–Kier alpha value is -1.71. The summed E-state index contributed by atoms with van der Waals surface area (Å²) in [6.45, 7) is 0. The van der Waals surface area contributed by atoms with Gasteiger partial charge in [0, 0.05) is 18.2 Å². The molecule has 8 nitrogen and oxygen atoms in total. The maximum Gasteiger partial charge on any atom is 0.273 e. The van der Waals surface area contributed by atoms with E-state index in [9.17, 15) is 18.5 Å². The molecule has 1 aliphatic carbocycles. The van der Waals surface area contributed by atoms with E-state index in [0.717, 1.165) is 25.0 Å². The number of nitro groups is 1. The maximum atomic E-state index is 12.5. The van der Waals surface area contributed by atoms with E-state index in [2.05, 4.69) is 4.72 Å². The largest absolute Gasteiger partial charge is 0.495 e. The van der Waals surface area contributed by atoms with Gasteiger partial charge in [-0.25, -0.2) is 13.1 Å². The van der Waals surface area contributed by atoms with Gasteiger partial charge >= 0.3 is 0 Å². The van der Waals surface area contributed by atoms with Gasteiger partial charge in [0.15, 0.2) is 0 Å². The average Bonchev–Trinajstić information content (AvgIpc) is 2.48. The number of non-ortho nitro benzene ring substituents is 1. The summed E-state index contributed by atoms with van der Waals surface area (Å²) in [5.41, 5.74) is 5.58. The molecule has 3 N–H and O–H groups in total. The highest BCUT2D eigenvalue weighted by atomic mass is 32.2. The van der Waals surface area contributed by atoms with Crippen molar-refractivity contribution in [3.05, 3.63) is 28.3 Å². The van der Waals surface area contributed by atoms with E-state index < -0.39 is 14.9 Å². The third-order valence-corrected chi connectivity index (χ3v) is 5.30. The number of benzene rings is 1. The topological polar surface area (TPSA) is 125 Å². The number of rotatable bonds is 5. The Morgan fingerprint density at radius 3 is 2.50 bits per heavy atom. The zero-order valence-corrected chi connectivity index (χ0v) is 13.0. The zero-order valence-electron chi connectivity index (χ0n) is 12.2. The first-order valence-corrected chi connectivity index (χ1v) is 8.42. The highest BCUT2D eigenvalue weighted by Gasteiger charge is 2.27. The van der Waals surface area contributed by atoms with Crippen molar-refractivity contribution in [1.82, 2.24) is 4.72 Å². The predicted molar refractivity (Wildman–Crippen MR) is 80.2 cm³/mol. The minimum absolute atomic E-state index is 0.0470. The van der Waals surface area contributed by atoms with Gasteiger partial charge in [-0.3, -0.25) is 10.1 Å². The summed E-state index contributed by atoms with van der Waals surface area (Å²) in [6, 6.07) is 3.38. The smallest absolute Gasteiger partial charge is 0.273 e. The van der Waals surface area contributed by atoms with E-state index in [-0.39, 0.29) is 28.4 Å². The number of nitrogens with two attached hydrogens (primary N) is 1. The van der Waals surface area contributed by atoms with E-state index in [0.29, 0.717) is 12.8 Å². The van der Waals surface area contributed by atoms with Gasteiger partial charge in [0.05, 0.1) is 18.1 Å². The Bertz CT molecular complexity index is 654. The van der Waals surface area contributed by atoms with Crippen molar-refractivity contribution in [3.8, 4) is 5.75 Å². The quantitative estimate of drug-likeness (QED) is 0.617. The molecule has 9 heteroatoms. The first kappa shape index (κ1) is 16.7. The van der Waals surface area contributed by atoms with Crippen molar-refractivity contribution in [2.75, 3.05) is 7.11 Å². The second kappa shape index (κ2) is 6.59. The van der Waals surface area contributed by atoms with E-state index in [1.165, 1.54) is 13.2 Å². The molecule has 0 radical (unpaired) electrons. The molecule has 0 atom stereocenters. The number of hydrogen-bond donors (Lipinski definition) is 2. The lowest BCUT2D eigenvalue weighted by Gasteiger charge is -2.26. The number of hydrogen-bond acceptors (Lipinski definition) is 6. The molecule has 0 unspecified atom stereocenters. The van der Waals surface area contributed by atoms with Crippen LogP contribution in [0.2, 0.25) is 0 Å². The fraction of sp³-hybridized carbons (Fsp3) is 0.538. The molecule has 22 heavy (non-hydrogen) atoms. The highest BCUT2D eigenvalue weighted by Crippen LogP contribution is 2.29.